The number of nitrogens with zero attached hydrogens (tertiary/aromatic N) is 2. The van der Waals surface area contributed by atoms with Crippen LogP contribution < -0.4 is 10.0 Å². The van der Waals surface area contributed by atoms with Crippen molar-refractivity contribution in [2.24, 2.45) is 10.2 Å². The van der Waals surface area contributed by atoms with E-state index in [9.17, 15) is 23.4 Å². The molecular weight excluding hydrogens is 398 g/mol. The van der Waals surface area contributed by atoms with Gasteiger partial charge in [-0.25, -0.2) is 13.1 Å². The first-order valence-corrected chi connectivity index (χ1v) is 10.1. The number of sulfonamides is 1. The average molecular weight is 417 g/mol. The molecule has 5 N–H and O–H groups in total. The Hall–Kier alpha value is -3.44. The first kappa shape index (κ1) is 20.3. The lowest BCUT2D eigenvalue weighted by Crippen LogP contribution is -2.20. The lowest BCUT2D eigenvalue weighted by Gasteiger charge is -2.05. The van der Waals surface area contributed by atoms with E-state index in [1.165, 1.54) is 26.1 Å². The number of nitrogens with one attached hydrogen (secondary N) is 3. The number of benzene rings is 2. The number of amides is 1. The Bertz CT molecular complexity index is 1200. The Kier molecular flexibility index (Phi) is 5.52. The number of phenolic OH excluding ortho intramolecular Hbond substituents is 1. The summed E-state index contributed by atoms with van der Waals surface area (Å²) in [6, 6.07) is 9.27. The van der Waals surface area contributed by atoms with Gasteiger partial charge < -0.3 is 20.5 Å². The number of hydrogen-bond acceptors (Lipinski definition) is 7. The van der Waals surface area contributed by atoms with Gasteiger partial charge in [0.05, 0.1) is 22.6 Å². The zero-order valence-electron chi connectivity index (χ0n) is 15.6. The molecule has 0 radical (unpaired) electrons. The Morgan fingerprint density at radius 1 is 1.14 bits per heavy atom. The predicted octanol–water partition coefficient (Wildman–Crippen LogP) is 3.00. The van der Waals surface area contributed by atoms with E-state index in [0.717, 1.165) is 0 Å². The average Bonchev–Trinajstić information content (AvgIpc) is 2.95. The van der Waals surface area contributed by atoms with E-state index in [0.29, 0.717) is 22.2 Å². The second-order valence-electron chi connectivity index (χ2n) is 6.25. The fourth-order valence-corrected chi connectivity index (χ4v) is 3.43. The molecule has 0 aliphatic heterocycles. The van der Waals surface area contributed by atoms with Gasteiger partial charge in [-0.3, -0.25) is 4.79 Å². The van der Waals surface area contributed by atoms with Crippen molar-refractivity contribution in [2.45, 2.75) is 12.7 Å². The van der Waals surface area contributed by atoms with Gasteiger partial charge in [0.2, 0.25) is 21.8 Å². The fraction of sp³-hybridized carbons (Fsp3) is 0.167. The third-order valence-electron chi connectivity index (χ3n) is 4.05. The minimum atomic E-state index is -3.37. The number of anilines is 1. The normalized spacial score (nSPS) is 11.9. The monoisotopic (exact) mass is 417 g/mol. The standard InChI is InChI=1S/C18H19N5O5S/c1-10(24)20-15-7-13-14(8-16(15)25)21-18(26)17(13)23-22-12-5-3-11(4-6-12)9-29(27,28)19-2/h3-8,19,21,25-26H,9H2,1-2H3,(H,20,24). The van der Waals surface area contributed by atoms with Crippen LogP contribution in [0.5, 0.6) is 11.6 Å². The summed E-state index contributed by atoms with van der Waals surface area (Å²) in [5, 5.41) is 31.2. The number of rotatable bonds is 6. The summed E-state index contributed by atoms with van der Waals surface area (Å²) in [6.45, 7) is 1.31. The zero-order chi connectivity index (χ0) is 21.2. The molecule has 0 aliphatic rings. The van der Waals surface area contributed by atoms with E-state index in [2.05, 4.69) is 25.3 Å². The number of aromatic amines is 1. The maximum absolute atomic E-state index is 11.6. The molecule has 0 saturated heterocycles. The highest BCUT2D eigenvalue weighted by Gasteiger charge is 2.15. The number of carbonyl (C=O) groups is 1. The van der Waals surface area contributed by atoms with Crippen LogP contribution in [0.15, 0.2) is 46.6 Å². The molecule has 1 amide bonds. The van der Waals surface area contributed by atoms with E-state index < -0.39 is 10.0 Å². The molecule has 3 aromatic rings. The molecule has 152 valence electrons. The van der Waals surface area contributed by atoms with Gasteiger partial charge in [0.15, 0.2) is 5.69 Å². The van der Waals surface area contributed by atoms with Gasteiger partial charge in [0, 0.05) is 18.4 Å². The largest absolute Gasteiger partial charge is 0.506 e. The number of H-pyrrole nitrogens is 1. The molecular formula is C18H19N5O5S. The quantitative estimate of drug-likeness (QED) is 0.308. The second kappa shape index (κ2) is 7.89. The molecule has 0 atom stereocenters. The Labute approximate surface area is 166 Å². The van der Waals surface area contributed by atoms with Gasteiger partial charge in [0.25, 0.3) is 0 Å². The first-order valence-electron chi connectivity index (χ1n) is 8.45. The van der Waals surface area contributed by atoms with Gasteiger partial charge in [-0.2, -0.15) is 5.11 Å². The van der Waals surface area contributed by atoms with Crippen LogP contribution in [0.1, 0.15) is 12.5 Å². The number of aromatic hydroxyl groups is 2. The molecule has 1 aromatic heterocycles. The minimum absolute atomic E-state index is 0.133. The highest BCUT2D eigenvalue weighted by molar-refractivity contribution is 7.88. The number of hydrogen-bond donors (Lipinski definition) is 5. The fourth-order valence-electron chi connectivity index (χ4n) is 2.65. The van der Waals surface area contributed by atoms with Crippen LogP contribution in [-0.4, -0.2) is 36.6 Å². The van der Waals surface area contributed by atoms with Crippen LogP contribution >= 0.6 is 0 Å². The summed E-state index contributed by atoms with van der Waals surface area (Å²) in [6.07, 6.45) is 0. The van der Waals surface area contributed by atoms with Crippen molar-refractivity contribution in [3.05, 3.63) is 42.0 Å². The van der Waals surface area contributed by atoms with E-state index in [-0.39, 0.29) is 34.7 Å². The van der Waals surface area contributed by atoms with Crippen molar-refractivity contribution in [3.63, 3.8) is 0 Å². The van der Waals surface area contributed by atoms with Crippen LogP contribution in [0.2, 0.25) is 0 Å². The predicted molar refractivity (Wildman–Crippen MR) is 108 cm³/mol. The van der Waals surface area contributed by atoms with E-state index in [1.54, 1.807) is 24.3 Å². The van der Waals surface area contributed by atoms with Crippen LogP contribution in [0.4, 0.5) is 17.1 Å². The molecule has 1 heterocycles. The zero-order valence-corrected chi connectivity index (χ0v) is 16.4. The molecule has 0 saturated carbocycles. The smallest absolute Gasteiger partial charge is 0.221 e. The van der Waals surface area contributed by atoms with E-state index in [1.807, 2.05) is 0 Å². The third-order valence-corrected chi connectivity index (χ3v) is 5.38. The molecule has 0 bridgehead atoms. The van der Waals surface area contributed by atoms with E-state index in [4.69, 9.17) is 0 Å². The summed E-state index contributed by atoms with van der Waals surface area (Å²) in [7, 11) is -2.02. The number of aromatic nitrogens is 1. The number of azo groups is 1. The van der Waals surface area contributed by atoms with Crippen molar-refractivity contribution in [3.8, 4) is 11.6 Å². The van der Waals surface area contributed by atoms with Crippen molar-refractivity contribution in [1.29, 1.82) is 0 Å². The number of phenols is 1. The highest BCUT2D eigenvalue weighted by Crippen LogP contribution is 2.40. The molecule has 10 nitrogen and oxygen atoms in total. The Balaban J connectivity index is 1.90. The molecule has 0 aliphatic carbocycles. The van der Waals surface area contributed by atoms with Crippen molar-refractivity contribution in [1.82, 2.24) is 9.71 Å². The van der Waals surface area contributed by atoms with Gasteiger partial charge >= 0.3 is 0 Å². The number of carbonyl (C=O) groups excluding carboxylic acids is 1. The van der Waals surface area contributed by atoms with Crippen LogP contribution in [-0.2, 0) is 20.6 Å². The van der Waals surface area contributed by atoms with Crippen molar-refractivity contribution in [2.75, 3.05) is 12.4 Å². The summed E-state index contributed by atoms with van der Waals surface area (Å²) in [4.78, 5) is 14.0. The summed E-state index contributed by atoms with van der Waals surface area (Å²) >= 11 is 0. The first-order chi connectivity index (χ1) is 13.7. The molecule has 29 heavy (non-hydrogen) atoms. The van der Waals surface area contributed by atoms with Crippen molar-refractivity contribution >= 4 is 43.9 Å². The van der Waals surface area contributed by atoms with Crippen LogP contribution in [0.25, 0.3) is 10.9 Å². The van der Waals surface area contributed by atoms with Gasteiger partial charge in [-0.15, -0.1) is 5.11 Å². The SMILES string of the molecule is CNS(=O)(=O)Cc1ccc(N=Nc2c(O)[nH]c3cc(O)c(NC(C)=O)cc23)cc1. The third kappa shape index (κ3) is 4.70. The second-order valence-corrected chi connectivity index (χ2v) is 8.17. The van der Waals surface area contributed by atoms with Gasteiger partial charge in [-0.1, -0.05) is 12.1 Å². The highest BCUT2D eigenvalue weighted by atomic mass is 32.2. The maximum atomic E-state index is 11.6. The van der Waals surface area contributed by atoms with Crippen molar-refractivity contribution < 1.29 is 23.4 Å². The van der Waals surface area contributed by atoms with Gasteiger partial charge in [-0.05, 0) is 30.8 Å². The summed E-state index contributed by atoms with van der Waals surface area (Å²) in [5.74, 6) is -0.924. The van der Waals surface area contributed by atoms with Gasteiger partial charge in [0.1, 0.15) is 5.75 Å². The topological polar surface area (TPSA) is 156 Å². The maximum Gasteiger partial charge on any atom is 0.221 e. The van der Waals surface area contributed by atoms with E-state index >= 15 is 0 Å². The lowest BCUT2D eigenvalue weighted by atomic mass is 10.2. The molecule has 0 fully saturated rings. The lowest BCUT2D eigenvalue weighted by molar-refractivity contribution is -0.114. The summed E-state index contributed by atoms with van der Waals surface area (Å²) in [5.41, 5.74) is 1.76. The number of fused-ring (bicyclic) bond motifs is 1. The minimum Gasteiger partial charge on any atom is -0.506 e. The molecule has 0 spiro atoms. The molecule has 2 aromatic carbocycles. The Morgan fingerprint density at radius 2 is 1.83 bits per heavy atom. The molecule has 3 rings (SSSR count). The molecule has 0 unspecified atom stereocenters. The Morgan fingerprint density at radius 3 is 2.45 bits per heavy atom. The molecule has 11 heteroatoms. The van der Waals surface area contributed by atoms with Crippen LogP contribution in [0, 0.1) is 0 Å². The summed E-state index contributed by atoms with van der Waals surface area (Å²) < 4.78 is 25.4. The van der Waals surface area contributed by atoms with Crippen LogP contribution in [0.3, 0.4) is 0 Å².